The average molecular weight is 171 g/mol. The van der Waals surface area contributed by atoms with Gasteiger partial charge in [-0.15, -0.1) is 0 Å². The summed E-state index contributed by atoms with van der Waals surface area (Å²) in [6.07, 6.45) is 3.50. The lowest BCUT2D eigenvalue weighted by atomic mass is 9.90. The van der Waals surface area contributed by atoms with Crippen LogP contribution in [0.1, 0.15) is 25.7 Å². The SMILES string of the molecule is O[C@@H]1C[C@@H]2CCCCN2C[C@H]1O. The van der Waals surface area contributed by atoms with E-state index in [-0.39, 0.29) is 0 Å². The lowest BCUT2D eigenvalue weighted by Gasteiger charge is -2.43. The molecule has 3 heteroatoms. The Hall–Kier alpha value is -0.120. The maximum atomic E-state index is 9.44. The van der Waals surface area contributed by atoms with Crippen LogP contribution in [0.25, 0.3) is 0 Å². The van der Waals surface area contributed by atoms with Crippen LogP contribution >= 0.6 is 0 Å². The number of aliphatic hydroxyl groups excluding tert-OH is 2. The normalized spacial score (nSPS) is 44.0. The van der Waals surface area contributed by atoms with Gasteiger partial charge in [0.15, 0.2) is 0 Å². The molecular formula is C9H17NO2. The van der Waals surface area contributed by atoms with E-state index in [1.54, 1.807) is 0 Å². The van der Waals surface area contributed by atoms with E-state index in [0.717, 1.165) is 13.0 Å². The molecule has 0 aromatic carbocycles. The van der Waals surface area contributed by atoms with Crippen LogP contribution < -0.4 is 0 Å². The molecule has 0 amide bonds. The van der Waals surface area contributed by atoms with Crippen LogP contribution in [0.15, 0.2) is 0 Å². The third-order valence-electron chi connectivity index (χ3n) is 3.13. The lowest BCUT2D eigenvalue weighted by molar-refractivity contribution is -0.0698. The highest BCUT2D eigenvalue weighted by atomic mass is 16.3. The Labute approximate surface area is 73.0 Å². The summed E-state index contributed by atoms with van der Waals surface area (Å²) in [7, 11) is 0. The summed E-state index contributed by atoms with van der Waals surface area (Å²) >= 11 is 0. The van der Waals surface area contributed by atoms with E-state index in [0.29, 0.717) is 12.6 Å². The van der Waals surface area contributed by atoms with Crippen LogP contribution in [0.4, 0.5) is 0 Å². The summed E-state index contributed by atoms with van der Waals surface area (Å²) in [5, 5.41) is 18.9. The standard InChI is InChI=1S/C9H17NO2/c11-8-5-7-3-1-2-4-10(7)6-9(8)12/h7-9,11-12H,1-6H2/t7-,8+,9+/m0/s1. The van der Waals surface area contributed by atoms with Crippen LogP contribution in [-0.4, -0.2) is 46.5 Å². The molecule has 0 radical (unpaired) electrons. The Bertz CT molecular complexity index is 145. The maximum absolute atomic E-state index is 9.44. The summed E-state index contributed by atoms with van der Waals surface area (Å²) in [4.78, 5) is 2.32. The van der Waals surface area contributed by atoms with Crippen molar-refractivity contribution in [2.75, 3.05) is 13.1 Å². The molecule has 2 aliphatic heterocycles. The summed E-state index contributed by atoms with van der Waals surface area (Å²) in [6, 6.07) is 0.539. The van der Waals surface area contributed by atoms with Gasteiger partial charge >= 0.3 is 0 Å². The second-order valence-corrected chi connectivity index (χ2v) is 4.01. The van der Waals surface area contributed by atoms with Crippen LogP contribution in [0.2, 0.25) is 0 Å². The van der Waals surface area contributed by atoms with Crippen LogP contribution in [0.3, 0.4) is 0 Å². The zero-order valence-corrected chi connectivity index (χ0v) is 7.32. The van der Waals surface area contributed by atoms with Crippen molar-refractivity contribution in [2.24, 2.45) is 0 Å². The molecule has 0 aromatic rings. The van der Waals surface area contributed by atoms with Gasteiger partial charge in [0.1, 0.15) is 0 Å². The van der Waals surface area contributed by atoms with Crippen molar-refractivity contribution in [2.45, 2.75) is 43.9 Å². The predicted molar refractivity (Wildman–Crippen MR) is 45.8 cm³/mol. The first-order chi connectivity index (χ1) is 5.77. The van der Waals surface area contributed by atoms with Gasteiger partial charge in [0, 0.05) is 12.6 Å². The maximum Gasteiger partial charge on any atom is 0.0926 e. The fraction of sp³-hybridized carbons (Fsp3) is 1.00. The number of aliphatic hydroxyl groups is 2. The van der Waals surface area contributed by atoms with Crippen molar-refractivity contribution < 1.29 is 10.2 Å². The van der Waals surface area contributed by atoms with Gasteiger partial charge in [-0.05, 0) is 25.8 Å². The van der Waals surface area contributed by atoms with E-state index in [9.17, 15) is 10.2 Å². The fourth-order valence-electron chi connectivity index (χ4n) is 2.37. The molecule has 2 N–H and O–H groups in total. The first kappa shape index (κ1) is 8.48. The van der Waals surface area contributed by atoms with Crippen molar-refractivity contribution in [3.05, 3.63) is 0 Å². The molecule has 2 rings (SSSR count). The molecule has 3 atom stereocenters. The van der Waals surface area contributed by atoms with Crippen molar-refractivity contribution in [3.8, 4) is 0 Å². The van der Waals surface area contributed by atoms with Crippen molar-refractivity contribution in [1.82, 2.24) is 4.90 Å². The fourth-order valence-corrected chi connectivity index (χ4v) is 2.37. The van der Waals surface area contributed by atoms with Gasteiger partial charge < -0.3 is 10.2 Å². The van der Waals surface area contributed by atoms with Gasteiger partial charge in [-0.25, -0.2) is 0 Å². The lowest BCUT2D eigenvalue weighted by Crippen LogP contribution is -2.53. The van der Waals surface area contributed by atoms with E-state index in [1.165, 1.54) is 19.3 Å². The summed E-state index contributed by atoms with van der Waals surface area (Å²) in [6.45, 7) is 1.78. The summed E-state index contributed by atoms with van der Waals surface area (Å²) in [5.41, 5.74) is 0. The molecule has 0 bridgehead atoms. The first-order valence-electron chi connectivity index (χ1n) is 4.87. The Morgan fingerprint density at radius 3 is 2.75 bits per heavy atom. The van der Waals surface area contributed by atoms with Crippen LogP contribution in [0.5, 0.6) is 0 Å². The largest absolute Gasteiger partial charge is 0.390 e. The minimum atomic E-state index is -0.514. The van der Waals surface area contributed by atoms with Crippen molar-refractivity contribution in [3.63, 3.8) is 0 Å². The third-order valence-corrected chi connectivity index (χ3v) is 3.13. The molecule has 0 aromatic heterocycles. The number of nitrogens with zero attached hydrogens (tertiary/aromatic N) is 1. The van der Waals surface area contributed by atoms with E-state index in [4.69, 9.17) is 0 Å². The molecule has 0 saturated carbocycles. The van der Waals surface area contributed by atoms with Gasteiger partial charge in [-0.2, -0.15) is 0 Å². The number of rotatable bonds is 0. The molecule has 0 spiro atoms. The molecule has 3 nitrogen and oxygen atoms in total. The van der Waals surface area contributed by atoms with E-state index >= 15 is 0 Å². The highest BCUT2D eigenvalue weighted by Crippen LogP contribution is 2.26. The molecule has 0 aliphatic carbocycles. The molecule has 0 unspecified atom stereocenters. The average Bonchev–Trinajstić information content (AvgIpc) is 2.07. The first-order valence-corrected chi connectivity index (χ1v) is 4.87. The minimum Gasteiger partial charge on any atom is -0.390 e. The highest BCUT2D eigenvalue weighted by molar-refractivity contribution is 4.88. The number of hydrogen-bond donors (Lipinski definition) is 2. The van der Waals surface area contributed by atoms with E-state index in [1.807, 2.05) is 0 Å². The summed E-state index contributed by atoms with van der Waals surface area (Å²) < 4.78 is 0. The predicted octanol–water partition coefficient (Wildman–Crippen LogP) is -0.0336. The van der Waals surface area contributed by atoms with Gasteiger partial charge in [0.2, 0.25) is 0 Å². The van der Waals surface area contributed by atoms with Gasteiger partial charge in [0.25, 0.3) is 0 Å². The van der Waals surface area contributed by atoms with Crippen molar-refractivity contribution in [1.29, 1.82) is 0 Å². The second-order valence-electron chi connectivity index (χ2n) is 4.01. The number of hydrogen-bond acceptors (Lipinski definition) is 3. The topological polar surface area (TPSA) is 43.7 Å². The molecule has 12 heavy (non-hydrogen) atoms. The van der Waals surface area contributed by atoms with E-state index < -0.39 is 12.2 Å². The Morgan fingerprint density at radius 2 is 1.92 bits per heavy atom. The highest BCUT2D eigenvalue weighted by Gasteiger charge is 2.34. The van der Waals surface area contributed by atoms with Crippen molar-refractivity contribution >= 4 is 0 Å². The Kier molecular flexibility index (Phi) is 2.35. The second kappa shape index (κ2) is 3.32. The molecule has 2 fully saturated rings. The van der Waals surface area contributed by atoms with Gasteiger partial charge in [-0.3, -0.25) is 4.90 Å². The molecule has 70 valence electrons. The molecular weight excluding hydrogens is 154 g/mol. The minimum absolute atomic E-state index is 0.482. The number of fused-ring (bicyclic) bond motifs is 1. The van der Waals surface area contributed by atoms with E-state index in [2.05, 4.69) is 4.90 Å². The number of piperidine rings is 2. The Morgan fingerprint density at radius 1 is 1.08 bits per heavy atom. The molecule has 2 aliphatic rings. The smallest absolute Gasteiger partial charge is 0.0926 e. The van der Waals surface area contributed by atoms with Gasteiger partial charge in [-0.1, -0.05) is 6.42 Å². The van der Waals surface area contributed by atoms with Gasteiger partial charge in [0.05, 0.1) is 12.2 Å². The zero-order valence-electron chi connectivity index (χ0n) is 7.32. The monoisotopic (exact) mass is 171 g/mol. The molecule has 2 heterocycles. The summed E-state index contributed by atoms with van der Waals surface area (Å²) in [5.74, 6) is 0. The quantitative estimate of drug-likeness (QED) is 0.538. The van der Waals surface area contributed by atoms with Crippen LogP contribution in [-0.2, 0) is 0 Å². The Balaban J connectivity index is 1.98. The third kappa shape index (κ3) is 1.49. The molecule has 2 saturated heterocycles. The zero-order chi connectivity index (χ0) is 8.55. The van der Waals surface area contributed by atoms with Crippen LogP contribution in [0, 0.1) is 0 Å².